The number of carbonyl (C=O) groups is 1. The minimum atomic E-state index is -0.399. The van der Waals surface area contributed by atoms with Crippen molar-refractivity contribution in [2.75, 3.05) is 6.54 Å². The number of carbonyl (C=O) groups excluding carboxylic acids is 1. The van der Waals surface area contributed by atoms with E-state index in [1.165, 1.54) is 12.1 Å². The topological polar surface area (TPSA) is 59.2 Å². The molecule has 1 unspecified atom stereocenters. The number of hydrogen-bond donors (Lipinski definition) is 0. The van der Waals surface area contributed by atoms with Crippen molar-refractivity contribution in [3.05, 3.63) is 70.8 Å². The van der Waals surface area contributed by atoms with Gasteiger partial charge in [-0.15, -0.1) is 0 Å². The van der Waals surface area contributed by atoms with Crippen LogP contribution in [0.25, 0.3) is 11.4 Å². The third-order valence-electron chi connectivity index (χ3n) is 4.41. The van der Waals surface area contributed by atoms with Crippen molar-refractivity contribution in [1.82, 2.24) is 15.0 Å². The molecular weight excluding hydrogens is 357 g/mol. The molecule has 5 nitrogen and oxygen atoms in total. The van der Waals surface area contributed by atoms with Crippen LogP contribution in [0.3, 0.4) is 0 Å². The van der Waals surface area contributed by atoms with Gasteiger partial charge in [0, 0.05) is 30.1 Å². The molecule has 1 aliphatic heterocycles. The highest BCUT2D eigenvalue weighted by atomic mass is 35.5. The first-order chi connectivity index (χ1) is 12.6. The number of nitrogens with zero attached hydrogens (tertiary/aromatic N) is 3. The lowest BCUT2D eigenvalue weighted by molar-refractivity contribution is -0.128. The Morgan fingerprint density at radius 2 is 2.04 bits per heavy atom. The monoisotopic (exact) mass is 371 g/mol. The van der Waals surface area contributed by atoms with E-state index in [9.17, 15) is 9.18 Å². The second-order valence-corrected chi connectivity index (χ2v) is 6.64. The Kier molecular flexibility index (Phi) is 4.42. The van der Waals surface area contributed by atoms with Crippen molar-refractivity contribution in [2.24, 2.45) is 0 Å². The van der Waals surface area contributed by atoms with Crippen LogP contribution >= 0.6 is 11.6 Å². The molecule has 1 saturated heterocycles. The van der Waals surface area contributed by atoms with E-state index in [0.717, 1.165) is 5.56 Å². The predicted octanol–water partition coefficient (Wildman–Crippen LogP) is 4.05. The fourth-order valence-corrected chi connectivity index (χ4v) is 3.28. The highest BCUT2D eigenvalue weighted by molar-refractivity contribution is 6.31. The maximum absolute atomic E-state index is 13.2. The summed E-state index contributed by atoms with van der Waals surface area (Å²) in [5.41, 5.74) is 1.57. The largest absolute Gasteiger partial charge is 0.339 e. The van der Waals surface area contributed by atoms with Gasteiger partial charge in [0.25, 0.3) is 0 Å². The molecule has 26 heavy (non-hydrogen) atoms. The van der Waals surface area contributed by atoms with Crippen LogP contribution in [-0.4, -0.2) is 27.5 Å². The van der Waals surface area contributed by atoms with Gasteiger partial charge in [-0.05, 0) is 17.7 Å². The van der Waals surface area contributed by atoms with Crippen LogP contribution in [0, 0.1) is 5.82 Å². The SMILES string of the molecule is O=C1CC(c2nc(-c3ccccc3)no2)CN1Cc1ccc(F)cc1Cl. The van der Waals surface area contributed by atoms with E-state index in [1.807, 2.05) is 30.3 Å². The maximum Gasteiger partial charge on any atom is 0.232 e. The quantitative estimate of drug-likeness (QED) is 0.694. The first kappa shape index (κ1) is 16.7. The third-order valence-corrected chi connectivity index (χ3v) is 4.77. The highest BCUT2D eigenvalue weighted by Crippen LogP contribution is 2.30. The highest BCUT2D eigenvalue weighted by Gasteiger charge is 2.34. The fourth-order valence-electron chi connectivity index (χ4n) is 3.05. The lowest BCUT2D eigenvalue weighted by Gasteiger charge is -2.17. The Labute approximate surface area is 154 Å². The molecule has 0 radical (unpaired) electrons. The summed E-state index contributed by atoms with van der Waals surface area (Å²) in [4.78, 5) is 18.4. The molecule has 0 saturated carbocycles. The lowest BCUT2D eigenvalue weighted by Crippen LogP contribution is -2.24. The van der Waals surface area contributed by atoms with E-state index >= 15 is 0 Å². The van der Waals surface area contributed by atoms with Gasteiger partial charge in [-0.2, -0.15) is 4.98 Å². The van der Waals surface area contributed by atoms with Crippen LogP contribution in [0.1, 0.15) is 23.8 Å². The number of halogens is 2. The van der Waals surface area contributed by atoms with Gasteiger partial charge in [-0.3, -0.25) is 4.79 Å². The van der Waals surface area contributed by atoms with Crippen LogP contribution in [0.5, 0.6) is 0 Å². The van der Waals surface area contributed by atoms with Crippen LogP contribution < -0.4 is 0 Å². The van der Waals surface area contributed by atoms with Crippen molar-refractivity contribution >= 4 is 17.5 Å². The molecule has 1 atom stereocenters. The Balaban J connectivity index is 1.49. The molecule has 4 rings (SSSR count). The molecule has 7 heteroatoms. The molecule has 3 aromatic rings. The summed E-state index contributed by atoms with van der Waals surface area (Å²) < 4.78 is 18.5. The van der Waals surface area contributed by atoms with E-state index in [0.29, 0.717) is 41.8 Å². The van der Waals surface area contributed by atoms with Gasteiger partial charge in [-0.25, -0.2) is 4.39 Å². The Hall–Kier alpha value is -2.73. The Morgan fingerprint density at radius 3 is 2.81 bits per heavy atom. The lowest BCUT2D eigenvalue weighted by atomic mass is 10.1. The number of likely N-dealkylation sites (tertiary alicyclic amines) is 1. The number of hydrogen-bond acceptors (Lipinski definition) is 4. The van der Waals surface area contributed by atoms with E-state index in [4.69, 9.17) is 16.1 Å². The van der Waals surface area contributed by atoms with E-state index < -0.39 is 5.82 Å². The van der Waals surface area contributed by atoms with Gasteiger partial charge < -0.3 is 9.42 Å². The molecule has 2 heterocycles. The minimum Gasteiger partial charge on any atom is -0.339 e. The molecule has 1 amide bonds. The second kappa shape index (κ2) is 6.88. The van der Waals surface area contributed by atoms with E-state index in [1.54, 1.807) is 11.0 Å². The number of amides is 1. The molecule has 1 fully saturated rings. The van der Waals surface area contributed by atoms with E-state index in [-0.39, 0.29) is 11.8 Å². The van der Waals surface area contributed by atoms with Gasteiger partial charge in [-0.1, -0.05) is 53.2 Å². The van der Waals surface area contributed by atoms with Gasteiger partial charge in [0.05, 0.1) is 5.92 Å². The molecule has 1 aromatic heterocycles. The minimum absolute atomic E-state index is 0.0187. The molecule has 2 aromatic carbocycles. The number of aromatic nitrogens is 2. The van der Waals surface area contributed by atoms with Gasteiger partial charge >= 0.3 is 0 Å². The van der Waals surface area contributed by atoms with Gasteiger partial charge in [0.2, 0.25) is 17.6 Å². The fraction of sp³-hybridized carbons (Fsp3) is 0.211. The third kappa shape index (κ3) is 3.32. The zero-order valence-electron chi connectivity index (χ0n) is 13.7. The summed E-state index contributed by atoms with van der Waals surface area (Å²) >= 11 is 6.06. The van der Waals surface area contributed by atoms with Crippen molar-refractivity contribution in [3.63, 3.8) is 0 Å². The summed E-state index contributed by atoms with van der Waals surface area (Å²) in [5, 5.41) is 4.32. The van der Waals surface area contributed by atoms with Gasteiger partial charge in [0.15, 0.2) is 0 Å². The average Bonchev–Trinajstić information content (AvgIpc) is 3.25. The number of rotatable bonds is 4. The van der Waals surface area contributed by atoms with Crippen molar-refractivity contribution in [2.45, 2.75) is 18.9 Å². The van der Waals surface area contributed by atoms with Gasteiger partial charge in [0.1, 0.15) is 5.82 Å². The summed E-state index contributed by atoms with van der Waals surface area (Å²) in [6.07, 6.45) is 0.301. The molecule has 0 N–H and O–H groups in total. The zero-order chi connectivity index (χ0) is 18.1. The first-order valence-electron chi connectivity index (χ1n) is 8.21. The second-order valence-electron chi connectivity index (χ2n) is 6.23. The summed E-state index contributed by atoms with van der Waals surface area (Å²) in [5.74, 6) is 0.378. The summed E-state index contributed by atoms with van der Waals surface area (Å²) in [6.45, 7) is 0.789. The standard InChI is InChI=1S/C19H15ClFN3O2/c20-16-9-15(21)7-6-13(16)10-24-11-14(8-17(24)25)19-22-18(23-26-19)12-4-2-1-3-5-12/h1-7,9,14H,8,10-11H2. The van der Waals surface area contributed by atoms with Crippen molar-refractivity contribution < 1.29 is 13.7 Å². The maximum atomic E-state index is 13.2. The predicted molar refractivity (Wildman–Crippen MR) is 93.9 cm³/mol. The summed E-state index contributed by atoms with van der Waals surface area (Å²) in [7, 11) is 0. The smallest absolute Gasteiger partial charge is 0.232 e. The number of benzene rings is 2. The molecule has 132 valence electrons. The van der Waals surface area contributed by atoms with E-state index in [2.05, 4.69) is 10.1 Å². The molecular formula is C19H15ClFN3O2. The molecule has 0 bridgehead atoms. The van der Waals surface area contributed by atoms with Crippen LogP contribution in [-0.2, 0) is 11.3 Å². The zero-order valence-corrected chi connectivity index (χ0v) is 14.5. The molecule has 0 spiro atoms. The Bertz CT molecular complexity index is 945. The van der Waals surface area contributed by atoms with Crippen molar-refractivity contribution in [1.29, 1.82) is 0 Å². The first-order valence-corrected chi connectivity index (χ1v) is 8.58. The average molecular weight is 372 g/mol. The molecule has 1 aliphatic rings. The van der Waals surface area contributed by atoms with Crippen LogP contribution in [0.4, 0.5) is 4.39 Å². The van der Waals surface area contributed by atoms with Crippen molar-refractivity contribution in [3.8, 4) is 11.4 Å². The molecule has 0 aliphatic carbocycles. The van der Waals surface area contributed by atoms with Crippen LogP contribution in [0.2, 0.25) is 5.02 Å². The Morgan fingerprint density at radius 1 is 1.23 bits per heavy atom. The summed E-state index contributed by atoms with van der Waals surface area (Å²) in [6, 6.07) is 13.7. The van der Waals surface area contributed by atoms with Crippen LogP contribution in [0.15, 0.2) is 53.1 Å². The normalized spacial score (nSPS) is 17.1.